The molecule has 0 spiro atoms. The Kier molecular flexibility index (Phi) is 22.3. The van der Waals surface area contributed by atoms with Crippen LogP contribution in [0.15, 0.2) is 104 Å². The molecule has 0 aliphatic carbocycles. The molecule has 0 unspecified atom stereocenters. The van der Waals surface area contributed by atoms with Crippen molar-refractivity contribution in [3.05, 3.63) is 104 Å². The molecule has 2 aromatic heterocycles. The van der Waals surface area contributed by atoms with Gasteiger partial charge in [-0.05, 0) is 165 Å². The fourth-order valence-electron chi connectivity index (χ4n) is 6.07. The van der Waals surface area contributed by atoms with Crippen LogP contribution in [0.25, 0.3) is 44.3 Å². The molecule has 0 bridgehead atoms. The Hall–Kier alpha value is -7.21. The number of nitrogens with one attached hydrogen (secondary N) is 3. The van der Waals surface area contributed by atoms with Crippen molar-refractivity contribution in [2.24, 2.45) is 15.7 Å². The third kappa shape index (κ3) is 24.0. The Morgan fingerprint density at radius 2 is 0.787 bits per heavy atom. The van der Waals surface area contributed by atoms with Gasteiger partial charge in [0.1, 0.15) is 28.0 Å². The smallest absolute Gasteiger partial charge is 0.444 e. The summed E-state index contributed by atoms with van der Waals surface area (Å²) in [5.74, 6) is -0.334. The van der Waals surface area contributed by atoms with Gasteiger partial charge < -0.3 is 34.2 Å². The minimum absolute atomic E-state index is 0.00939. The van der Waals surface area contributed by atoms with Crippen molar-refractivity contribution in [3.63, 3.8) is 0 Å². The van der Waals surface area contributed by atoms with Crippen LogP contribution in [0.5, 0.6) is 0 Å². The number of halogens is 4. The number of rotatable bonds is 4. The summed E-state index contributed by atoms with van der Waals surface area (Å²) in [5.41, 5.74) is 6.34. The molecule has 4 aromatic carbocycles. The van der Waals surface area contributed by atoms with Gasteiger partial charge in [0, 0.05) is 40.9 Å². The van der Waals surface area contributed by atoms with Crippen molar-refractivity contribution in [2.45, 2.75) is 132 Å². The molecular formula is C55H64Br2Cl2N10O11. The molecule has 6 aromatic rings. The van der Waals surface area contributed by atoms with Gasteiger partial charge in [-0.25, -0.2) is 43.9 Å². The monoisotopic (exact) mass is 1270 g/mol. The predicted octanol–water partition coefficient (Wildman–Crippen LogP) is 14.8. The van der Waals surface area contributed by atoms with Crippen LogP contribution in [0.3, 0.4) is 0 Å². The van der Waals surface area contributed by atoms with Crippen LogP contribution in [0, 0.1) is 0 Å². The molecule has 0 aliphatic heterocycles. The number of aliphatic imine (C=N–C) groups is 2. The molecule has 0 radical (unpaired) electrons. The van der Waals surface area contributed by atoms with Crippen molar-refractivity contribution < 1.29 is 52.4 Å². The van der Waals surface area contributed by atoms with Crippen molar-refractivity contribution in [2.75, 3.05) is 0 Å². The number of hydrogen-bond donors (Lipinski definition) is 4. The van der Waals surface area contributed by atoms with E-state index in [2.05, 4.69) is 82.5 Å². The Bertz CT molecular complexity index is 3220. The summed E-state index contributed by atoms with van der Waals surface area (Å²) in [6, 6.07) is 25.7. The van der Waals surface area contributed by atoms with Gasteiger partial charge in [0.25, 0.3) is 11.9 Å². The molecule has 21 nitrogen and oxygen atoms in total. The number of fused-ring (bicyclic) bond motifs is 2. The fraction of sp³-hybridized carbons (Fsp3) is 0.364. The zero-order valence-corrected chi connectivity index (χ0v) is 51.5. The Labute approximate surface area is 490 Å². The van der Waals surface area contributed by atoms with E-state index in [0.717, 1.165) is 25.5 Å². The summed E-state index contributed by atoms with van der Waals surface area (Å²) in [5, 5.41) is 9.82. The lowest BCUT2D eigenvalue weighted by molar-refractivity contribution is -0.0295. The summed E-state index contributed by atoms with van der Waals surface area (Å²) >= 11 is 19.3. The normalized spacial score (nSPS) is 11.8. The first kappa shape index (κ1) is 65.3. The molecule has 0 atom stereocenters. The molecular weight excluding hydrogens is 1210 g/mol. The number of carbonyl (C=O) groups excluding carboxylic acids is 5. The minimum atomic E-state index is -1.06. The van der Waals surface area contributed by atoms with E-state index >= 15 is 0 Å². The first-order valence-electron chi connectivity index (χ1n) is 24.3. The molecule has 3 amide bonds. The minimum Gasteiger partial charge on any atom is -0.444 e. The number of guanidine groups is 2. The summed E-state index contributed by atoms with van der Waals surface area (Å²) in [4.78, 5) is 85.2. The number of nitrogens with zero attached hydrogens (tertiary/aromatic N) is 6. The SMILES string of the molecule is CC(C)(C)OC(=O)NC(=Nc1nc(-c2ccc(Br)cc2)c2cc(Cl)ccc2n1)NC(=O)OC(C)(C)C.CC(C)(C)OC(=O)NC(N)=Nc1nc(-c2ccc(Br)cc2)c2cc(Cl)ccc2n1.CC(C)(C)OC(=O)OC(=O)OC(C)(C)C. The second-order valence-corrected chi connectivity index (χ2v) is 24.7. The maximum atomic E-state index is 12.4. The first-order chi connectivity index (χ1) is 36.8. The van der Waals surface area contributed by atoms with Crippen LogP contribution in [0.4, 0.5) is 35.9 Å². The quantitative estimate of drug-likeness (QED) is 0.0420. The summed E-state index contributed by atoms with van der Waals surface area (Å²) in [6.45, 7) is 25.6. The topological polar surface area (TPSA) is 279 Å². The van der Waals surface area contributed by atoms with Gasteiger partial charge >= 0.3 is 30.6 Å². The molecule has 428 valence electrons. The average molecular weight is 1270 g/mol. The van der Waals surface area contributed by atoms with Crippen LogP contribution in [0.2, 0.25) is 10.0 Å². The van der Waals surface area contributed by atoms with Crippen molar-refractivity contribution in [1.29, 1.82) is 0 Å². The van der Waals surface area contributed by atoms with Crippen LogP contribution in [0.1, 0.15) is 104 Å². The van der Waals surface area contributed by atoms with Crippen LogP contribution >= 0.6 is 55.1 Å². The van der Waals surface area contributed by atoms with E-state index in [0.29, 0.717) is 37.9 Å². The van der Waals surface area contributed by atoms with Gasteiger partial charge in [-0.15, -0.1) is 0 Å². The molecule has 5 N–H and O–H groups in total. The number of alkyl carbamates (subject to hydrolysis) is 3. The third-order valence-corrected chi connectivity index (χ3v) is 10.3. The lowest BCUT2D eigenvalue weighted by Gasteiger charge is -2.22. The number of benzene rings is 4. The summed E-state index contributed by atoms with van der Waals surface area (Å²) in [7, 11) is 0. The number of amides is 3. The van der Waals surface area contributed by atoms with Crippen molar-refractivity contribution in [1.82, 2.24) is 35.9 Å². The zero-order valence-electron chi connectivity index (χ0n) is 46.8. The maximum Gasteiger partial charge on any atom is 0.519 e. The maximum absolute atomic E-state index is 12.4. The van der Waals surface area contributed by atoms with E-state index in [9.17, 15) is 24.0 Å². The number of nitrogens with two attached hydrogens (primary N) is 1. The van der Waals surface area contributed by atoms with Crippen molar-refractivity contribution >= 4 is 131 Å². The highest BCUT2D eigenvalue weighted by molar-refractivity contribution is 9.10. The highest BCUT2D eigenvalue weighted by atomic mass is 79.9. The number of carbonyl (C=O) groups is 5. The Morgan fingerprint density at radius 1 is 0.463 bits per heavy atom. The molecule has 6 rings (SSSR count). The summed E-state index contributed by atoms with van der Waals surface area (Å²) in [6.07, 6.45) is -4.47. The summed E-state index contributed by atoms with van der Waals surface area (Å²) < 4.78 is 31.4. The van der Waals surface area contributed by atoms with Gasteiger partial charge in [0.05, 0.1) is 22.4 Å². The van der Waals surface area contributed by atoms with Crippen LogP contribution < -0.4 is 21.7 Å². The number of hydrogen-bond acceptors (Lipinski definition) is 17. The molecule has 0 aliphatic rings. The van der Waals surface area contributed by atoms with Gasteiger partial charge in [-0.2, -0.15) is 9.98 Å². The van der Waals surface area contributed by atoms with E-state index in [1.54, 1.807) is 140 Å². The van der Waals surface area contributed by atoms with Gasteiger partial charge in [-0.3, -0.25) is 16.0 Å². The zero-order chi connectivity index (χ0) is 60.1. The molecule has 25 heteroatoms. The molecule has 0 fully saturated rings. The fourth-order valence-corrected chi connectivity index (χ4v) is 6.95. The molecule has 0 saturated carbocycles. The Balaban J connectivity index is 0.000000280. The highest BCUT2D eigenvalue weighted by Crippen LogP contribution is 2.33. The van der Waals surface area contributed by atoms with E-state index < -0.39 is 58.6 Å². The first-order valence-corrected chi connectivity index (χ1v) is 26.7. The second kappa shape index (κ2) is 27.3. The number of aromatic nitrogens is 4. The van der Waals surface area contributed by atoms with Gasteiger partial charge in [-0.1, -0.05) is 79.3 Å². The van der Waals surface area contributed by atoms with E-state index in [-0.39, 0.29) is 23.8 Å². The Morgan fingerprint density at radius 3 is 1.12 bits per heavy atom. The lowest BCUT2D eigenvalue weighted by atomic mass is 10.1. The predicted molar refractivity (Wildman–Crippen MR) is 315 cm³/mol. The standard InChI is InChI=1S/C25H27BrClN5O4.C20H19BrClN5O2.C10H18O5/c1-24(2,3)35-22(33)31-21(32-23(34)36-25(4,5)6)30-20-28-18-12-11-16(27)13-17(18)19(29-20)14-7-9-15(26)10-8-14;1-20(2,3)29-19(28)27-17(23)26-18-24-15-9-8-13(22)10-14(15)16(25-18)11-4-6-12(21)7-5-11;1-9(2,3)14-7(11)13-8(12)15-10(4,5)6/h7-13H,1-6H3,(H2,28,29,30,31,32,33,34);4-10H,1-3H3,(H3,23,24,25,26,27,28);1-6H3. The molecule has 2 heterocycles. The molecule has 0 saturated heterocycles. The van der Waals surface area contributed by atoms with Gasteiger partial charge in [0.2, 0.25) is 11.9 Å². The second-order valence-electron chi connectivity index (χ2n) is 22.0. The van der Waals surface area contributed by atoms with E-state index in [1.807, 2.05) is 48.5 Å². The lowest BCUT2D eigenvalue weighted by Crippen LogP contribution is -2.47. The van der Waals surface area contributed by atoms with Gasteiger partial charge in [0.15, 0.2) is 0 Å². The number of ether oxygens (including phenoxy) is 6. The third-order valence-electron chi connectivity index (χ3n) is 8.77. The van der Waals surface area contributed by atoms with E-state index in [1.165, 1.54) is 0 Å². The molecule has 80 heavy (non-hydrogen) atoms. The largest absolute Gasteiger partial charge is 0.519 e. The average Bonchev–Trinajstić information content (AvgIpc) is 3.26. The van der Waals surface area contributed by atoms with E-state index in [4.69, 9.17) is 52.6 Å². The van der Waals surface area contributed by atoms with Crippen LogP contribution in [-0.4, -0.2) is 90.5 Å². The van der Waals surface area contributed by atoms with Crippen molar-refractivity contribution in [3.8, 4) is 22.5 Å². The van der Waals surface area contributed by atoms with Crippen LogP contribution in [-0.2, 0) is 28.4 Å². The highest BCUT2D eigenvalue weighted by Gasteiger charge is 2.26.